The van der Waals surface area contributed by atoms with Crippen LogP contribution in [0.3, 0.4) is 0 Å². The molecule has 88 valence electrons. The molecule has 2 N–H and O–H groups in total. The Hall–Kier alpha value is -1.17. The van der Waals surface area contributed by atoms with Gasteiger partial charge in [0.05, 0.1) is 5.41 Å². The highest BCUT2D eigenvalue weighted by molar-refractivity contribution is 7.09. The van der Waals surface area contributed by atoms with Gasteiger partial charge >= 0.3 is 5.97 Å². The summed E-state index contributed by atoms with van der Waals surface area (Å²) in [4.78, 5) is 15.4. The number of hydrogen-bond acceptors (Lipinski definition) is 5. The Kier molecular flexibility index (Phi) is 3.38. The molecule has 1 aliphatic rings. The predicted octanol–water partition coefficient (Wildman–Crippen LogP) is 1.99. The molecular formula is C10H15N3O2S. The Morgan fingerprint density at radius 3 is 2.81 bits per heavy atom. The molecule has 0 atom stereocenters. The first-order valence-corrected chi connectivity index (χ1v) is 6.24. The van der Waals surface area contributed by atoms with Crippen molar-refractivity contribution in [3.05, 3.63) is 6.33 Å². The molecule has 1 aromatic heterocycles. The SMILES string of the molecule is O=C(O)C1(CNc2ncns2)CCCCC1. The molecule has 1 aromatic rings. The highest BCUT2D eigenvalue weighted by atomic mass is 32.1. The molecule has 0 radical (unpaired) electrons. The number of nitrogens with zero attached hydrogens (tertiary/aromatic N) is 2. The van der Waals surface area contributed by atoms with Crippen molar-refractivity contribution in [2.45, 2.75) is 32.1 Å². The molecule has 1 heterocycles. The number of rotatable bonds is 4. The van der Waals surface area contributed by atoms with E-state index in [-0.39, 0.29) is 0 Å². The van der Waals surface area contributed by atoms with E-state index in [2.05, 4.69) is 14.7 Å². The lowest BCUT2D eigenvalue weighted by Gasteiger charge is -2.33. The number of aromatic nitrogens is 2. The van der Waals surface area contributed by atoms with Gasteiger partial charge in [-0.05, 0) is 12.8 Å². The first-order chi connectivity index (χ1) is 7.73. The van der Waals surface area contributed by atoms with Crippen LogP contribution >= 0.6 is 11.5 Å². The molecule has 0 saturated heterocycles. The minimum Gasteiger partial charge on any atom is -0.481 e. The fraction of sp³-hybridized carbons (Fsp3) is 0.700. The Morgan fingerprint density at radius 1 is 1.50 bits per heavy atom. The van der Waals surface area contributed by atoms with E-state index in [0.717, 1.165) is 32.1 Å². The van der Waals surface area contributed by atoms with Crippen LogP contribution in [0.5, 0.6) is 0 Å². The Labute approximate surface area is 98.1 Å². The van der Waals surface area contributed by atoms with Crippen LogP contribution < -0.4 is 5.32 Å². The number of hydrogen-bond donors (Lipinski definition) is 2. The van der Waals surface area contributed by atoms with E-state index in [9.17, 15) is 9.90 Å². The van der Waals surface area contributed by atoms with Gasteiger partial charge in [0.2, 0.25) is 5.13 Å². The number of carboxylic acids is 1. The predicted molar refractivity (Wildman–Crippen MR) is 61.6 cm³/mol. The van der Waals surface area contributed by atoms with E-state index in [4.69, 9.17) is 0 Å². The average molecular weight is 241 g/mol. The van der Waals surface area contributed by atoms with Crippen molar-refractivity contribution in [1.29, 1.82) is 0 Å². The van der Waals surface area contributed by atoms with Gasteiger partial charge in [0.15, 0.2) is 0 Å². The highest BCUT2D eigenvalue weighted by Gasteiger charge is 2.39. The van der Waals surface area contributed by atoms with Gasteiger partial charge in [-0.1, -0.05) is 19.3 Å². The van der Waals surface area contributed by atoms with Crippen LogP contribution in [-0.4, -0.2) is 27.0 Å². The second-order valence-electron chi connectivity index (χ2n) is 4.25. The summed E-state index contributed by atoms with van der Waals surface area (Å²) in [6.45, 7) is 0.456. The van der Waals surface area contributed by atoms with Crippen LogP contribution in [0.2, 0.25) is 0 Å². The fourth-order valence-corrected chi connectivity index (χ4v) is 2.62. The molecule has 0 aliphatic heterocycles. The zero-order chi connectivity index (χ0) is 11.4. The second-order valence-corrected chi connectivity index (χ2v) is 5.03. The molecule has 1 fully saturated rings. The fourth-order valence-electron chi connectivity index (χ4n) is 2.19. The molecule has 16 heavy (non-hydrogen) atoms. The Balaban J connectivity index is 2.00. The third kappa shape index (κ3) is 2.32. The number of aliphatic carboxylic acids is 1. The third-order valence-electron chi connectivity index (χ3n) is 3.20. The Bertz CT molecular complexity index is 347. The minimum atomic E-state index is -0.691. The summed E-state index contributed by atoms with van der Waals surface area (Å²) in [7, 11) is 0. The van der Waals surface area contributed by atoms with E-state index in [1.165, 1.54) is 17.9 Å². The Morgan fingerprint density at radius 2 is 2.25 bits per heavy atom. The van der Waals surface area contributed by atoms with E-state index < -0.39 is 11.4 Å². The van der Waals surface area contributed by atoms with Gasteiger partial charge in [0.1, 0.15) is 6.33 Å². The van der Waals surface area contributed by atoms with E-state index >= 15 is 0 Å². The summed E-state index contributed by atoms with van der Waals surface area (Å²) >= 11 is 1.26. The number of carboxylic acid groups (broad SMARTS) is 1. The average Bonchev–Trinajstić information content (AvgIpc) is 2.80. The molecule has 0 aromatic carbocycles. The van der Waals surface area contributed by atoms with E-state index in [0.29, 0.717) is 11.7 Å². The van der Waals surface area contributed by atoms with Crippen molar-refractivity contribution >= 4 is 22.6 Å². The first-order valence-electron chi connectivity index (χ1n) is 5.47. The number of nitrogens with one attached hydrogen (secondary N) is 1. The molecular weight excluding hydrogens is 226 g/mol. The second kappa shape index (κ2) is 4.78. The summed E-state index contributed by atoms with van der Waals surface area (Å²) < 4.78 is 3.87. The van der Waals surface area contributed by atoms with Crippen molar-refractivity contribution in [2.24, 2.45) is 5.41 Å². The summed E-state index contributed by atoms with van der Waals surface area (Å²) in [5, 5.41) is 13.1. The maximum absolute atomic E-state index is 11.4. The van der Waals surface area contributed by atoms with Crippen LogP contribution in [0.1, 0.15) is 32.1 Å². The van der Waals surface area contributed by atoms with Crippen LogP contribution in [0, 0.1) is 5.41 Å². The van der Waals surface area contributed by atoms with Crippen molar-refractivity contribution in [2.75, 3.05) is 11.9 Å². The molecule has 1 aliphatic carbocycles. The lowest BCUT2D eigenvalue weighted by molar-refractivity contribution is -0.150. The maximum atomic E-state index is 11.4. The van der Waals surface area contributed by atoms with Gasteiger partial charge < -0.3 is 10.4 Å². The van der Waals surface area contributed by atoms with Crippen LogP contribution in [0.4, 0.5) is 5.13 Å². The van der Waals surface area contributed by atoms with E-state index in [1.807, 2.05) is 0 Å². The molecule has 5 nitrogen and oxygen atoms in total. The normalized spacial score (nSPS) is 19.2. The lowest BCUT2D eigenvalue weighted by Crippen LogP contribution is -2.39. The molecule has 2 rings (SSSR count). The van der Waals surface area contributed by atoms with Gasteiger partial charge in [-0.3, -0.25) is 4.79 Å². The van der Waals surface area contributed by atoms with Crippen LogP contribution in [0.15, 0.2) is 6.33 Å². The summed E-state index contributed by atoms with van der Waals surface area (Å²) in [5.74, 6) is -0.691. The summed E-state index contributed by atoms with van der Waals surface area (Å²) in [5.41, 5.74) is -0.607. The topological polar surface area (TPSA) is 75.1 Å². The summed E-state index contributed by atoms with van der Waals surface area (Å²) in [6, 6.07) is 0. The molecule has 0 unspecified atom stereocenters. The number of carbonyl (C=O) groups is 1. The largest absolute Gasteiger partial charge is 0.481 e. The zero-order valence-corrected chi connectivity index (χ0v) is 9.79. The quantitative estimate of drug-likeness (QED) is 0.843. The van der Waals surface area contributed by atoms with Gasteiger partial charge in [0, 0.05) is 18.1 Å². The summed E-state index contributed by atoms with van der Waals surface area (Å²) in [6.07, 6.45) is 6.14. The van der Waals surface area contributed by atoms with Crippen molar-refractivity contribution < 1.29 is 9.90 Å². The van der Waals surface area contributed by atoms with Crippen LogP contribution in [-0.2, 0) is 4.79 Å². The van der Waals surface area contributed by atoms with Gasteiger partial charge in [-0.2, -0.15) is 4.37 Å². The number of anilines is 1. The van der Waals surface area contributed by atoms with Gasteiger partial charge in [0.25, 0.3) is 0 Å². The zero-order valence-electron chi connectivity index (χ0n) is 8.98. The molecule has 1 saturated carbocycles. The van der Waals surface area contributed by atoms with Crippen LogP contribution in [0.25, 0.3) is 0 Å². The lowest BCUT2D eigenvalue weighted by atomic mass is 9.74. The molecule has 6 heteroatoms. The standard InChI is InChI=1S/C10H15N3O2S/c14-8(15)10(4-2-1-3-5-10)6-11-9-12-7-13-16-9/h7H,1-6H2,(H,14,15)(H,11,12,13). The molecule has 0 spiro atoms. The smallest absolute Gasteiger partial charge is 0.311 e. The third-order valence-corrected chi connectivity index (χ3v) is 3.83. The molecule has 0 amide bonds. The van der Waals surface area contributed by atoms with Crippen molar-refractivity contribution in [1.82, 2.24) is 9.36 Å². The van der Waals surface area contributed by atoms with Gasteiger partial charge in [-0.25, -0.2) is 4.98 Å². The van der Waals surface area contributed by atoms with Gasteiger partial charge in [-0.15, -0.1) is 0 Å². The van der Waals surface area contributed by atoms with E-state index in [1.54, 1.807) is 0 Å². The first kappa shape index (κ1) is 11.3. The minimum absolute atomic E-state index is 0.456. The highest BCUT2D eigenvalue weighted by Crippen LogP contribution is 2.36. The van der Waals surface area contributed by atoms with Crippen molar-refractivity contribution in [3.8, 4) is 0 Å². The monoisotopic (exact) mass is 241 g/mol. The van der Waals surface area contributed by atoms with Crippen molar-refractivity contribution in [3.63, 3.8) is 0 Å². The molecule has 0 bridgehead atoms. The maximum Gasteiger partial charge on any atom is 0.311 e.